The summed E-state index contributed by atoms with van der Waals surface area (Å²) in [6.45, 7) is 4.16. The Morgan fingerprint density at radius 2 is 2.40 bits per heavy atom. The molecule has 1 aliphatic heterocycles. The minimum Gasteiger partial charge on any atom is -0.370 e. The third-order valence-corrected chi connectivity index (χ3v) is 4.86. The second-order valence-corrected chi connectivity index (χ2v) is 7.38. The minimum absolute atomic E-state index is 0.509. The molecular weight excluding hydrogens is 278 g/mol. The summed E-state index contributed by atoms with van der Waals surface area (Å²) in [5, 5.41) is 11.0. The highest BCUT2D eigenvalue weighted by Gasteiger charge is 2.17. The predicted molar refractivity (Wildman–Crippen MR) is 79.2 cm³/mol. The lowest BCUT2D eigenvalue weighted by molar-refractivity contribution is 0.385. The van der Waals surface area contributed by atoms with Crippen LogP contribution in [0.25, 0.3) is 0 Å². The SMILES string of the molecule is CN(CCCNC[C@H]1CNc2ccnn2C1)S(C)(=O)=O. The normalized spacial score (nSPS) is 18.9. The van der Waals surface area contributed by atoms with E-state index in [0.29, 0.717) is 12.5 Å². The number of sulfonamides is 1. The molecule has 1 aromatic rings. The van der Waals surface area contributed by atoms with E-state index in [4.69, 9.17) is 0 Å². The molecule has 0 aliphatic carbocycles. The summed E-state index contributed by atoms with van der Waals surface area (Å²) >= 11 is 0. The van der Waals surface area contributed by atoms with Crippen molar-refractivity contribution in [2.24, 2.45) is 5.92 Å². The number of aromatic nitrogens is 2. The zero-order valence-corrected chi connectivity index (χ0v) is 12.9. The summed E-state index contributed by atoms with van der Waals surface area (Å²) in [5.74, 6) is 1.59. The van der Waals surface area contributed by atoms with Crippen LogP contribution < -0.4 is 10.6 Å². The Morgan fingerprint density at radius 3 is 3.15 bits per heavy atom. The third kappa shape index (κ3) is 4.19. The number of hydrogen-bond donors (Lipinski definition) is 2. The van der Waals surface area contributed by atoms with Crippen LogP contribution in [0, 0.1) is 5.92 Å². The number of nitrogens with zero attached hydrogens (tertiary/aromatic N) is 3. The monoisotopic (exact) mass is 301 g/mol. The second kappa shape index (κ2) is 6.55. The molecule has 2 N–H and O–H groups in total. The maximum Gasteiger partial charge on any atom is 0.210 e. The molecule has 20 heavy (non-hydrogen) atoms. The van der Waals surface area contributed by atoms with Gasteiger partial charge in [-0.15, -0.1) is 0 Å². The Balaban J connectivity index is 1.61. The summed E-state index contributed by atoms with van der Waals surface area (Å²) < 4.78 is 25.8. The Kier molecular flexibility index (Phi) is 5.00. The smallest absolute Gasteiger partial charge is 0.210 e. The molecule has 114 valence electrons. The molecule has 2 heterocycles. The van der Waals surface area contributed by atoms with Gasteiger partial charge in [0.25, 0.3) is 0 Å². The van der Waals surface area contributed by atoms with Gasteiger partial charge in [-0.05, 0) is 13.0 Å². The molecule has 2 rings (SSSR count). The van der Waals surface area contributed by atoms with Crippen LogP contribution >= 0.6 is 0 Å². The van der Waals surface area contributed by atoms with Crippen molar-refractivity contribution in [3.05, 3.63) is 12.3 Å². The first-order valence-electron chi connectivity index (χ1n) is 6.84. The van der Waals surface area contributed by atoms with Crippen molar-refractivity contribution in [2.75, 3.05) is 44.8 Å². The third-order valence-electron chi connectivity index (χ3n) is 3.55. The molecule has 0 unspecified atom stereocenters. The first-order chi connectivity index (χ1) is 9.47. The first kappa shape index (κ1) is 15.3. The van der Waals surface area contributed by atoms with Crippen molar-refractivity contribution in [1.29, 1.82) is 0 Å². The number of hydrogen-bond acceptors (Lipinski definition) is 5. The largest absolute Gasteiger partial charge is 0.370 e. The van der Waals surface area contributed by atoms with E-state index < -0.39 is 10.0 Å². The number of fused-ring (bicyclic) bond motifs is 1. The van der Waals surface area contributed by atoms with Crippen molar-refractivity contribution in [3.8, 4) is 0 Å². The molecule has 0 saturated heterocycles. The van der Waals surface area contributed by atoms with Crippen molar-refractivity contribution < 1.29 is 8.42 Å². The fourth-order valence-electron chi connectivity index (χ4n) is 2.22. The standard InChI is InChI=1S/C12H23N5O2S/c1-16(20(2,18)19)7-3-5-13-8-11-9-14-12-4-6-15-17(12)10-11/h4,6,11,13-14H,3,5,7-10H2,1-2H3/t11-/m0/s1. The van der Waals surface area contributed by atoms with E-state index in [2.05, 4.69) is 15.7 Å². The number of rotatable bonds is 7. The van der Waals surface area contributed by atoms with E-state index in [1.807, 2.05) is 10.7 Å². The number of anilines is 1. The van der Waals surface area contributed by atoms with E-state index in [9.17, 15) is 8.42 Å². The molecule has 0 fully saturated rings. The molecule has 0 spiro atoms. The van der Waals surface area contributed by atoms with E-state index in [0.717, 1.165) is 38.4 Å². The van der Waals surface area contributed by atoms with Crippen molar-refractivity contribution >= 4 is 15.8 Å². The average Bonchev–Trinajstić information content (AvgIpc) is 2.84. The van der Waals surface area contributed by atoms with E-state index in [1.54, 1.807) is 13.2 Å². The molecular formula is C12H23N5O2S. The van der Waals surface area contributed by atoms with Crippen molar-refractivity contribution in [2.45, 2.75) is 13.0 Å². The van der Waals surface area contributed by atoms with E-state index in [1.165, 1.54) is 10.6 Å². The summed E-state index contributed by atoms with van der Waals surface area (Å²) in [6.07, 6.45) is 3.85. The van der Waals surface area contributed by atoms with E-state index in [-0.39, 0.29) is 0 Å². The average molecular weight is 301 g/mol. The molecule has 0 amide bonds. The zero-order valence-electron chi connectivity index (χ0n) is 12.0. The van der Waals surface area contributed by atoms with Gasteiger partial charge in [0.15, 0.2) is 0 Å². The maximum atomic E-state index is 11.2. The maximum absolute atomic E-state index is 11.2. The van der Waals surface area contributed by atoms with Gasteiger partial charge < -0.3 is 10.6 Å². The van der Waals surface area contributed by atoms with Crippen LogP contribution in [0.1, 0.15) is 6.42 Å². The van der Waals surface area contributed by atoms with Crippen LogP contribution in [0.3, 0.4) is 0 Å². The lowest BCUT2D eigenvalue weighted by Gasteiger charge is -2.25. The van der Waals surface area contributed by atoms with Gasteiger partial charge in [-0.25, -0.2) is 17.4 Å². The molecule has 0 aromatic carbocycles. The lowest BCUT2D eigenvalue weighted by Crippen LogP contribution is -2.36. The Bertz CT molecular complexity index is 528. The molecule has 1 aliphatic rings. The second-order valence-electron chi connectivity index (χ2n) is 5.29. The molecule has 1 aromatic heterocycles. The van der Waals surface area contributed by atoms with Gasteiger partial charge >= 0.3 is 0 Å². The minimum atomic E-state index is -3.05. The molecule has 1 atom stereocenters. The molecule has 7 nitrogen and oxygen atoms in total. The predicted octanol–water partition coefficient (Wildman–Crippen LogP) is -0.204. The van der Waals surface area contributed by atoms with Crippen LogP contribution in [0.5, 0.6) is 0 Å². The van der Waals surface area contributed by atoms with Crippen LogP contribution in [-0.4, -0.2) is 62.0 Å². The van der Waals surface area contributed by atoms with Gasteiger partial charge in [0.05, 0.1) is 12.5 Å². The Morgan fingerprint density at radius 1 is 1.60 bits per heavy atom. The fourth-order valence-corrected chi connectivity index (χ4v) is 2.68. The van der Waals surface area contributed by atoms with Gasteiger partial charge in [0, 0.05) is 45.2 Å². The van der Waals surface area contributed by atoms with Gasteiger partial charge in [0.2, 0.25) is 10.0 Å². The summed E-state index contributed by atoms with van der Waals surface area (Å²) in [6, 6.07) is 1.98. The highest BCUT2D eigenvalue weighted by atomic mass is 32.2. The Hall–Kier alpha value is -1.12. The van der Waals surface area contributed by atoms with Crippen LogP contribution in [0.4, 0.5) is 5.82 Å². The van der Waals surface area contributed by atoms with Crippen LogP contribution in [0.15, 0.2) is 12.3 Å². The number of nitrogens with one attached hydrogen (secondary N) is 2. The summed E-state index contributed by atoms with van der Waals surface area (Å²) in [5.41, 5.74) is 0. The van der Waals surface area contributed by atoms with Crippen LogP contribution in [0.2, 0.25) is 0 Å². The van der Waals surface area contributed by atoms with Gasteiger partial charge in [-0.3, -0.25) is 0 Å². The van der Waals surface area contributed by atoms with E-state index >= 15 is 0 Å². The lowest BCUT2D eigenvalue weighted by atomic mass is 10.1. The summed E-state index contributed by atoms with van der Waals surface area (Å²) in [4.78, 5) is 0. The zero-order chi connectivity index (χ0) is 14.6. The quantitative estimate of drug-likeness (QED) is 0.682. The molecule has 0 bridgehead atoms. The van der Waals surface area contributed by atoms with Crippen molar-refractivity contribution in [3.63, 3.8) is 0 Å². The highest BCUT2D eigenvalue weighted by Crippen LogP contribution is 2.15. The van der Waals surface area contributed by atoms with Crippen molar-refractivity contribution in [1.82, 2.24) is 19.4 Å². The van der Waals surface area contributed by atoms with Gasteiger partial charge in [-0.2, -0.15) is 5.10 Å². The first-order valence-corrected chi connectivity index (χ1v) is 8.69. The highest BCUT2D eigenvalue weighted by molar-refractivity contribution is 7.88. The fraction of sp³-hybridized carbons (Fsp3) is 0.750. The summed E-state index contributed by atoms with van der Waals surface area (Å²) in [7, 11) is -1.44. The molecule has 0 saturated carbocycles. The topological polar surface area (TPSA) is 79.3 Å². The molecule has 8 heteroatoms. The molecule has 0 radical (unpaired) electrons. The Labute approximate surface area is 120 Å². The van der Waals surface area contributed by atoms with Gasteiger partial charge in [0.1, 0.15) is 5.82 Å². The van der Waals surface area contributed by atoms with Gasteiger partial charge in [-0.1, -0.05) is 0 Å². The van der Waals surface area contributed by atoms with Crippen LogP contribution in [-0.2, 0) is 16.6 Å².